The van der Waals surface area contributed by atoms with Crippen LogP contribution in [0.3, 0.4) is 0 Å². The van der Waals surface area contributed by atoms with Crippen molar-refractivity contribution in [3.63, 3.8) is 0 Å². The van der Waals surface area contributed by atoms with Crippen LogP contribution >= 0.6 is 0 Å². The zero-order valence-corrected chi connectivity index (χ0v) is 25.2. The van der Waals surface area contributed by atoms with E-state index in [0.29, 0.717) is 51.4 Å². The molecule has 8 saturated carbocycles. The highest BCUT2D eigenvalue weighted by Gasteiger charge is 2.65. The average Bonchev–Trinajstić information content (AvgIpc) is 2.74. The molecule has 0 amide bonds. The third kappa shape index (κ3) is 4.58. The molecule has 8 bridgehead atoms. The van der Waals surface area contributed by atoms with Gasteiger partial charge in [0.05, 0.1) is 22.0 Å². The van der Waals surface area contributed by atoms with Crippen LogP contribution in [-0.4, -0.2) is 44.6 Å². The third-order valence-electron chi connectivity index (χ3n) is 12.6. The standard InChI is InChI=1S/C33H52O6/c1-7-29(6,26(35)38-28(4,5)30-11-21-8-22(12-30)10-23(9-21)13-30)17-27(2,3)25(34)39-33-16-24-14-31(36,19-33)18-32(37,15-24)20-33/h21-24,36-37H,7-20H2,1-6H3. The Morgan fingerprint density at radius 1 is 0.744 bits per heavy atom. The fourth-order valence-corrected chi connectivity index (χ4v) is 11.4. The molecule has 6 heteroatoms. The summed E-state index contributed by atoms with van der Waals surface area (Å²) in [6, 6.07) is 0. The van der Waals surface area contributed by atoms with Crippen LogP contribution in [0.5, 0.6) is 0 Å². The second-order valence-electron chi connectivity index (χ2n) is 17.1. The molecule has 0 aliphatic heterocycles. The summed E-state index contributed by atoms with van der Waals surface area (Å²) in [6.45, 7) is 11.9. The van der Waals surface area contributed by atoms with Gasteiger partial charge in [-0.1, -0.05) is 6.92 Å². The molecule has 220 valence electrons. The minimum absolute atomic E-state index is 0.0690. The molecule has 0 aromatic rings. The van der Waals surface area contributed by atoms with E-state index in [1.807, 2.05) is 27.7 Å². The molecule has 6 nitrogen and oxygen atoms in total. The number of carbonyl (C=O) groups excluding carboxylic acids is 2. The molecular formula is C33H52O6. The van der Waals surface area contributed by atoms with Crippen molar-refractivity contribution < 1.29 is 29.3 Å². The molecule has 0 aromatic heterocycles. The van der Waals surface area contributed by atoms with Crippen LogP contribution in [0.1, 0.15) is 131 Å². The lowest BCUT2D eigenvalue weighted by Gasteiger charge is -2.62. The van der Waals surface area contributed by atoms with Gasteiger partial charge in [-0.15, -0.1) is 0 Å². The first kappa shape index (κ1) is 28.0. The van der Waals surface area contributed by atoms with Crippen molar-refractivity contribution >= 4 is 11.9 Å². The molecular weight excluding hydrogens is 492 g/mol. The van der Waals surface area contributed by atoms with Gasteiger partial charge in [-0.3, -0.25) is 9.59 Å². The number of rotatable bonds is 8. The summed E-state index contributed by atoms with van der Waals surface area (Å²) in [6.07, 6.45) is 11.7. The van der Waals surface area contributed by atoms with Gasteiger partial charge in [0.2, 0.25) is 0 Å². The SMILES string of the molecule is CCC(C)(CC(C)(C)C(=O)OC12CC3CC(O)(CC(O)(C3)C1)C2)C(=O)OC(C)(C)C12CC3CC(CC(C3)C1)C2. The van der Waals surface area contributed by atoms with Gasteiger partial charge in [0.15, 0.2) is 0 Å². The van der Waals surface area contributed by atoms with Crippen molar-refractivity contribution in [1.82, 2.24) is 0 Å². The molecule has 0 heterocycles. The molecule has 3 unspecified atom stereocenters. The summed E-state index contributed by atoms with van der Waals surface area (Å²) in [4.78, 5) is 27.7. The molecule has 0 aromatic carbocycles. The van der Waals surface area contributed by atoms with Gasteiger partial charge in [0.25, 0.3) is 0 Å². The number of carbonyl (C=O) groups is 2. The Kier molecular flexibility index (Phi) is 6.07. The van der Waals surface area contributed by atoms with Gasteiger partial charge in [-0.2, -0.15) is 0 Å². The molecule has 0 saturated heterocycles. The molecule has 8 rings (SSSR count). The number of ether oxygens (including phenoxy) is 2. The summed E-state index contributed by atoms with van der Waals surface area (Å²) < 4.78 is 12.8. The van der Waals surface area contributed by atoms with E-state index in [2.05, 4.69) is 13.8 Å². The van der Waals surface area contributed by atoms with Gasteiger partial charge < -0.3 is 19.7 Å². The summed E-state index contributed by atoms with van der Waals surface area (Å²) >= 11 is 0. The predicted molar refractivity (Wildman–Crippen MR) is 147 cm³/mol. The normalized spacial score (nSPS) is 45.7. The highest BCUT2D eigenvalue weighted by molar-refractivity contribution is 5.81. The Bertz CT molecular complexity index is 990. The van der Waals surface area contributed by atoms with Crippen LogP contribution in [0, 0.1) is 39.9 Å². The van der Waals surface area contributed by atoms with Crippen molar-refractivity contribution in [1.29, 1.82) is 0 Å². The molecule has 39 heavy (non-hydrogen) atoms. The molecule has 0 spiro atoms. The zero-order chi connectivity index (χ0) is 28.3. The van der Waals surface area contributed by atoms with Crippen LogP contribution < -0.4 is 0 Å². The zero-order valence-electron chi connectivity index (χ0n) is 25.2. The van der Waals surface area contributed by atoms with Gasteiger partial charge in [-0.05, 0) is 129 Å². The Morgan fingerprint density at radius 2 is 1.26 bits per heavy atom. The predicted octanol–water partition coefficient (Wildman–Crippen LogP) is 6.10. The lowest BCUT2D eigenvalue weighted by atomic mass is 9.46. The second kappa shape index (κ2) is 8.46. The Balaban J connectivity index is 1.15. The van der Waals surface area contributed by atoms with Crippen LogP contribution in [-0.2, 0) is 19.1 Å². The monoisotopic (exact) mass is 544 g/mol. The lowest BCUT2D eigenvalue weighted by Crippen LogP contribution is -2.67. The van der Waals surface area contributed by atoms with Crippen molar-refractivity contribution in [3.05, 3.63) is 0 Å². The first-order chi connectivity index (χ1) is 17.9. The maximum atomic E-state index is 14.0. The van der Waals surface area contributed by atoms with Gasteiger partial charge in [0.1, 0.15) is 11.2 Å². The summed E-state index contributed by atoms with van der Waals surface area (Å²) in [7, 11) is 0. The number of hydrogen-bond donors (Lipinski definition) is 2. The molecule has 8 aliphatic rings. The highest BCUT2D eigenvalue weighted by atomic mass is 16.6. The minimum Gasteiger partial charge on any atom is -0.459 e. The first-order valence-electron chi connectivity index (χ1n) is 15.8. The van der Waals surface area contributed by atoms with E-state index in [1.54, 1.807) is 0 Å². The van der Waals surface area contributed by atoms with Crippen molar-refractivity contribution in [2.45, 2.75) is 154 Å². The fourth-order valence-electron chi connectivity index (χ4n) is 11.4. The quantitative estimate of drug-likeness (QED) is 0.359. The van der Waals surface area contributed by atoms with Crippen molar-refractivity contribution in [2.24, 2.45) is 39.9 Å². The van der Waals surface area contributed by atoms with E-state index >= 15 is 0 Å². The number of hydrogen-bond acceptors (Lipinski definition) is 6. The van der Waals surface area contributed by atoms with E-state index in [0.717, 1.165) is 17.8 Å². The summed E-state index contributed by atoms with van der Waals surface area (Å²) in [5, 5.41) is 22.3. The van der Waals surface area contributed by atoms with Crippen molar-refractivity contribution in [2.75, 3.05) is 0 Å². The number of esters is 2. The highest BCUT2D eigenvalue weighted by Crippen LogP contribution is 2.65. The van der Waals surface area contributed by atoms with Crippen molar-refractivity contribution in [3.8, 4) is 0 Å². The van der Waals surface area contributed by atoms with E-state index in [9.17, 15) is 19.8 Å². The van der Waals surface area contributed by atoms with E-state index in [4.69, 9.17) is 9.47 Å². The topological polar surface area (TPSA) is 93.1 Å². The van der Waals surface area contributed by atoms with Crippen LogP contribution in [0.2, 0.25) is 0 Å². The number of aliphatic hydroxyl groups is 2. The second-order valence-corrected chi connectivity index (χ2v) is 17.1. The maximum Gasteiger partial charge on any atom is 0.312 e. The van der Waals surface area contributed by atoms with Gasteiger partial charge >= 0.3 is 11.9 Å². The molecule has 8 fully saturated rings. The third-order valence-corrected chi connectivity index (χ3v) is 12.6. The molecule has 8 aliphatic carbocycles. The maximum absolute atomic E-state index is 14.0. The molecule has 0 radical (unpaired) electrons. The van der Waals surface area contributed by atoms with E-state index < -0.39 is 33.2 Å². The van der Waals surface area contributed by atoms with Crippen LogP contribution in [0.4, 0.5) is 0 Å². The fraction of sp³-hybridized carbons (Fsp3) is 0.939. The van der Waals surface area contributed by atoms with E-state index in [-0.39, 0.29) is 23.3 Å². The average molecular weight is 545 g/mol. The van der Waals surface area contributed by atoms with E-state index in [1.165, 1.54) is 38.5 Å². The van der Waals surface area contributed by atoms with Gasteiger partial charge in [-0.25, -0.2) is 0 Å². The van der Waals surface area contributed by atoms with Crippen LogP contribution in [0.15, 0.2) is 0 Å². The van der Waals surface area contributed by atoms with Gasteiger partial charge in [0, 0.05) is 24.7 Å². The largest absolute Gasteiger partial charge is 0.459 e. The molecule has 3 atom stereocenters. The Labute approximate surface area is 235 Å². The smallest absolute Gasteiger partial charge is 0.312 e. The minimum atomic E-state index is -0.955. The summed E-state index contributed by atoms with van der Waals surface area (Å²) in [5.41, 5.74) is -4.93. The van der Waals surface area contributed by atoms with Crippen LogP contribution in [0.25, 0.3) is 0 Å². The first-order valence-corrected chi connectivity index (χ1v) is 15.8. The Morgan fingerprint density at radius 3 is 1.72 bits per heavy atom. The lowest BCUT2D eigenvalue weighted by molar-refractivity contribution is -0.264. The Hall–Kier alpha value is -1.14. The summed E-state index contributed by atoms with van der Waals surface area (Å²) in [5.74, 6) is 1.97. The molecule has 2 N–H and O–H groups in total.